The van der Waals surface area contributed by atoms with Crippen molar-refractivity contribution in [3.05, 3.63) is 29.8 Å². The third kappa shape index (κ3) is 1.97. The summed E-state index contributed by atoms with van der Waals surface area (Å²) >= 11 is 1.18. The van der Waals surface area contributed by atoms with Crippen LogP contribution in [0.5, 0.6) is 0 Å². The first-order valence-electron chi connectivity index (χ1n) is 2.75. The standard InChI is InChI=1S/C6H7FN2S/c7-5-1-2-6(4-10-8)9-3-5/h1-3H,4,8H2. The van der Waals surface area contributed by atoms with Crippen molar-refractivity contribution in [3.63, 3.8) is 0 Å². The summed E-state index contributed by atoms with van der Waals surface area (Å²) in [7, 11) is 0. The van der Waals surface area contributed by atoms with E-state index in [0.29, 0.717) is 5.75 Å². The van der Waals surface area contributed by atoms with Crippen molar-refractivity contribution in [2.75, 3.05) is 0 Å². The van der Waals surface area contributed by atoms with E-state index in [1.165, 1.54) is 24.2 Å². The summed E-state index contributed by atoms with van der Waals surface area (Å²) in [6.07, 6.45) is 1.19. The Balaban J connectivity index is 2.69. The van der Waals surface area contributed by atoms with E-state index < -0.39 is 0 Å². The van der Waals surface area contributed by atoms with Crippen molar-refractivity contribution < 1.29 is 4.39 Å². The van der Waals surface area contributed by atoms with Crippen molar-refractivity contribution in [1.82, 2.24) is 4.98 Å². The maximum absolute atomic E-state index is 12.2. The Morgan fingerprint density at radius 3 is 2.90 bits per heavy atom. The summed E-state index contributed by atoms with van der Waals surface area (Å²) < 4.78 is 12.2. The van der Waals surface area contributed by atoms with Gasteiger partial charge in [0.15, 0.2) is 0 Å². The van der Waals surface area contributed by atoms with E-state index in [9.17, 15) is 4.39 Å². The molecule has 0 aliphatic rings. The van der Waals surface area contributed by atoms with E-state index in [-0.39, 0.29) is 5.82 Å². The van der Waals surface area contributed by atoms with E-state index in [1.807, 2.05) is 0 Å². The zero-order valence-corrected chi connectivity index (χ0v) is 6.07. The topological polar surface area (TPSA) is 38.9 Å². The van der Waals surface area contributed by atoms with Crippen molar-refractivity contribution in [1.29, 1.82) is 0 Å². The Labute approximate surface area is 62.8 Å². The normalized spacial score (nSPS) is 9.80. The van der Waals surface area contributed by atoms with Crippen LogP contribution < -0.4 is 5.14 Å². The molecule has 2 nitrogen and oxygen atoms in total. The second-order valence-corrected chi connectivity index (χ2v) is 2.40. The highest BCUT2D eigenvalue weighted by molar-refractivity contribution is 7.96. The van der Waals surface area contributed by atoms with Crippen LogP contribution in [-0.2, 0) is 5.75 Å². The van der Waals surface area contributed by atoms with Gasteiger partial charge >= 0.3 is 0 Å². The first kappa shape index (κ1) is 7.50. The molecule has 0 fully saturated rings. The number of hydrogen-bond donors (Lipinski definition) is 1. The molecule has 0 spiro atoms. The zero-order chi connectivity index (χ0) is 7.40. The van der Waals surface area contributed by atoms with Gasteiger partial charge in [0.2, 0.25) is 0 Å². The molecular weight excluding hydrogens is 151 g/mol. The summed E-state index contributed by atoms with van der Waals surface area (Å²) in [5.74, 6) is 0.311. The fraction of sp³-hybridized carbons (Fsp3) is 0.167. The largest absolute Gasteiger partial charge is 0.278 e. The van der Waals surface area contributed by atoms with Gasteiger partial charge < -0.3 is 0 Å². The first-order valence-corrected chi connectivity index (χ1v) is 3.80. The molecule has 0 aliphatic heterocycles. The summed E-state index contributed by atoms with van der Waals surface area (Å²) in [6, 6.07) is 2.99. The van der Waals surface area contributed by atoms with E-state index in [1.54, 1.807) is 6.07 Å². The minimum atomic E-state index is -0.314. The summed E-state index contributed by atoms with van der Waals surface area (Å²) in [5, 5.41) is 5.18. The summed E-state index contributed by atoms with van der Waals surface area (Å²) in [4.78, 5) is 3.79. The molecule has 2 N–H and O–H groups in total. The van der Waals surface area contributed by atoms with Crippen LogP contribution in [0.3, 0.4) is 0 Å². The van der Waals surface area contributed by atoms with Crippen molar-refractivity contribution in [2.24, 2.45) is 5.14 Å². The molecule has 54 valence electrons. The van der Waals surface area contributed by atoms with E-state index in [4.69, 9.17) is 5.14 Å². The number of pyridine rings is 1. The molecule has 0 atom stereocenters. The molecule has 1 aromatic heterocycles. The molecule has 0 saturated heterocycles. The highest BCUT2D eigenvalue weighted by atomic mass is 32.2. The SMILES string of the molecule is NSCc1ccc(F)cn1. The lowest BCUT2D eigenvalue weighted by Gasteiger charge is -1.94. The van der Waals surface area contributed by atoms with Crippen LogP contribution in [0.25, 0.3) is 0 Å². The number of hydrogen-bond acceptors (Lipinski definition) is 3. The third-order valence-electron chi connectivity index (χ3n) is 1.02. The molecule has 0 bridgehead atoms. The van der Waals surface area contributed by atoms with Gasteiger partial charge in [-0.05, 0) is 12.1 Å². The van der Waals surface area contributed by atoms with E-state index in [0.717, 1.165) is 5.69 Å². The molecule has 0 saturated carbocycles. The van der Waals surface area contributed by atoms with Crippen LogP contribution in [0.4, 0.5) is 4.39 Å². The van der Waals surface area contributed by atoms with Gasteiger partial charge in [-0.3, -0.25) is 10.1 Å². The highest BCUT2D eigenvalue weighted by Crippen LogP contribution is 2.03. The fourth-order valence-electron chi connectivity index (χ4n) is 0.577. The number of nitrogens with two attached hydrogens (primary N) is 1. The molecule has 0 amide bonds. The Bertz CT molecular complexity index is 199. The van der Waals surface area contributed by atoms with E-state index >= 15 is 0 Å². The van der Waals surface area contributed by atoms with Gasteiger partial charge in [0, 0.05) is 0 Å². The molecule has 0 unspecified atom stereocenters. The molecule has 0 aliphatic carbocycles. The number of rotatable bonds is 2. The van der Waals surface area contributed by atoms with Crippen LogP contribution in [0.15, 0.2) is 18.3 Å². The maximum atomic E-state index is 12.2. The number of aromatic nitrogens is 1. The van der Waals surface area contributed by atoms with Crippen LogP contribution in [0.1, 0.15) is 5.69 Å². The minimum Gasteiger partial charge on any atom is -0.278 e. The number of halogens is 1. The summed E-state index contributed by atoms with van der Waals surface area (Å²) in [5.41, 5.74) is 0.800. The van der Waals surface area contributed by atoms with Gasteiger partial charge in [0.1, 0.15) is 5.82 Å². The molecule has 10 heavy (non-hydrogen) atoms. The van der Waals surface area contributed by atoms with Gasteiger partial charge in [-0.1, -0.05) is 11.9 Å². The molecule has 0 aromatic carbocycles. The second-order valence-electron chi connectivity index (χ2n) is 1.78. The van der Waals surface area contributed by atoms with Gasteiger partial charge in [0.05, 0.1) is 17.6 Å². The molecule has 1 heterocycles. The van der Waals surface area contributed by atoms with Gasteiger partial charge in [-0.15, -0.1) is 0 Å². The molecular formula is C6H7FN2S. The lowest BCUT2D eigenvalue weighted by molar-refractivity contribution is 0.620. The third-order valence-corrected chi connectivity index (χ3v) is 1.48. The van der Waals surface area contributed by atoms with Crippen LogP contribution >= 0.6 is 11.9 Å². The van der Waals surface area contributed by atoms with Gasteiger partial charge in [0.25, 0.3) is 0 Å². The molecule has 0 radical (unpaired) electrons. The van der Waals surface area contributed by atoms with Crippen molar-refractivity contribution in [2.45, 2.75) is 5.75 Å². The molecule has 1 aromatic rings. The minimum absolute atomic E-state index is 0.314. The Morgan fingerprint density at radius 1 is 1.60 bits per heavy atom. The van der Waals surface area contributed by atoms with Gasteiger partial charge in [-0.2, -0.15) is 0 Å². The predicted molar refractivity (Wildman–Crippen MR) is 39.7 cm³/mol. The van der Waals surface area contributed by atoms with Gasteiger partial charge in [-0.25, -0.2) is 4.39 Å². The zero-order valence-electron chi connectivity index (χ0n) is 5.25. The van der Waals surface area contributed by atoms with Crippen molar-refractivity contribution >= 4 is 11.9 Å². The highest BCUT2D eigenvalue weighted by Gasteiger charge is 1.92. The summed E-state index contributed by atoms with van der Waals surface area (Å²) in [6.45, 7) is 0. The molecule has 4 heteroatoms. The van der Waals surface area contributed by atoms with Crippen LogP contribution in [0, 0.1) is 5.82 Å². The lowest BCUT2D eigenvalue weighted by Crippen LogP contribution is -1.89. The maximum Gasteiger partial charge on any atom is 0.141 e. The smallest absolute Gasteiger partial charge is 0.141 e. The fourth-order valence-corrected chi connectivity index (χ4v) is 0.919. The van der Waals surface area contributed by atoms with E-state index in [2.05, 4.69) is 4.98 Å². The number of nitrogens with zero attached hydrogens (tertiary/aromatic N) is 1. The monoisotopic (exact) mass is 158 g/mol. The van der Waals surface area contributed by atoms with Crippen LogP contribution in [0.2, 0.25) is 0 Å². The second kappa shape index (κ2) is 3.53. The quantitative estimate of drug-likeness (QED) is 0.660. The average molecular weight is 158 g/mol. The van der Waals surface area contributed by atoms with Crippen molar-refractivity contribution in [3.8, 4) is 0 Å². The Morgan fingerprint density at radius 2 is 2.40 bits per heavy atom. The Hall–Kier alpha value is -0.610. The first-order chi connectivity index (χ1) is 4.83. The van der Waals surface area contributed by atoms with Crippen LogP contribution in [-0.4, -0.2) is 4.98 Å². The lowest BCUT2D eigenvalue weighted by atomic mass is 10.4. The molecule has 1 rings (SSSR count). The Kier molecular flexibility index (Phi) is 2.65. The predicted octanol–water partition coefficient (Wildman–Crippen LogP) is 1.33. The average Bonchev–Trinajstić information content (AvgIpc) is 1.95.